The number of rotatable bonds is 0. The van der Waals surface area contributed by atoms with Crippen molar-refractivity contribution in [1.29, 1.82) is 0 Å². The van der Waals surface area contributed by atoms with E-state index in [1.165, 1.54) is 25.7 Å². The normalized spacial score (nSPS) is 58.7. The highest BCUT2D eigenvalue weighted by molar-refractivity contribution is 5.23. The zero-order chi connectivity index (χ0) is 16.5. The molecular formula is C21H32O2. The molecule has 4 rings (SSSR count). The summed E-state index contributed by atoms with van der Waals surface area (Å²) < 4.78 is 0. The van der Waals surface area contributed by atoms with E-state index in [1.807, 2.05) is 0 Å². The molecule has 0 amide bonds. The lowest BCUT2D eigenvalue weighted by atomic mass is 9.44. The van der Waals surface area contributed by atoms with Gasteiger partial charge < -0.3 is 10.2 Å². The Morgan fingerprint density at radius 3 is 2.43 bits per heavy atom. The van der Waals surface area contributed by atoms with E-state index in [0.29, 0.717) is 17.3 Å². The third kappa shape index (κ3) is 1.96. The van der Waals surface area contributed by atoms with E-state index in [4.69, 9.17) is 6.42 Å². The van der Waals surface area contributed by atoms with Crippen LogP contribution in [0.2, 0.25) is 0 Å². The molecule has 1 unspecified atom stereocenters. The maximum absolute atomic E-state index is 11.0. The number of hydrogen-bond acceptors (Lipinski definition) is 2. The van der Waals surface area contributed by atoms with Gasteiger partial charge in [0.2, 0.25) is 0 Å². The highest BCUT2D eigenvalue weighted by Gasteiger charge is 2.64. The third-order valence-corrected chi connectivity index (χ3v) is 9.03. The lowest BCUT2D eigenvalue weighted by Gasteiger charge is -2.61. The number of hydrogen-bond donors (Lipinski definition) is 2. The van der Waals surface area contributed by atoms with Crippen molar-refractivity contribution >= 4 is 0 Å². The van der Waals surface area contributed by atoms with Crippen molar-refractivity contribution in [1.82, 2.24) is 0 Å². The number of aliphatic hydroxyl groups is 2. The molecule has 8 atom stereocenters. The standard InChI is InChI=1S/C21H32O2/c1-4-21(23)12-9-18-16-6-5-14-13-15(22)7-10-19(14,2)17(16)8-11-20(18,21)3/h1,14-18,22-23H,5-13H2,2-3H3/t14-,15?,16+,17+,18+,19-,20-,21+/m0/s1. The summed E-state index contributed by atoms with van der Waals surface area (Å²) in [5.74, 6) is 5.56. The van der Waals surface area contributed by atoms with E-state index in [9.17, 15) is 10.2 Å². The highest BCUT2D eigenvalue weighted by atomic mass is 16.3. The summed E-state index contributed by atoms with van der Waals surface area (Å²) >= 11 is 0. The summed E-state index contributed by atoms with van der Waals surface area (Å²) in [6, 6.07) is 0. The Bertz CT molecular complexity index is 536. The fraction of sp³-hybridized carbons (Fsp3) is 0.905. The lowest BCUT2D eigenvalue weighted by molar-refractivity contribution is -0.144. The number of aliphatic hydroxyl groups excluding tert-OH is 1. The van der Waals surface area contributed by atoms with Crippen LogP contribution in [0.25, 0.3) is 0 Å². The molecule has 4 fully saturated rings. The average molecular weight is 316 g/mol. The smallest absolute Gasteiger partial charge is 0.130 e. The summed E-state index contributed by atoms with van der Waals surface area (Å²) in [5, 5.41) is 21.1. The van der Waals surface area contributed by atoms with E-state index < -0.39 is 5.60 Å². The zero-order valence-electron chi connectivity index (χ0n) is 14.7. The van der Waals surface area contributed by atoms with E-state index >= 15 is 0 Å². The molecule has 128 valence electrons. The van der Waals surface area contributed by atoms with Crippen molar-refractivity contribution in [2.75, 3.05) is 0 Å². The summed E-state index contributed by atoms with van der Waals surface area (Å²) in [5.41, 5.74) is -0.566. The predicted molar refractivity (Wildman–Crippen MR) is 91.5 cm³/mol. The molecule has 0 aromatic carbocycles. The van der Waals surface area contributed by atoms with Crippen LogP contribution in [-0.4, -0.2) is 21.9 Å². The van der Waals surface area contributed by atoms with E-state index in [1.54, 1.807) is 0 Å². The Morgan fingerprint density at radius 2 is 1.70 bits per heavy atom. The highest BCUT2D eigenvalue weighted by Crippen LogP contribution is 2.68. The minimum absolute atomic E-state index is 0.0727. The lowest BCUT2D eigenvalue weighted by Crippen LogP contribution is -2.56. The Labute approximate surface area is 141 Å². The molecule has 23 heavy (non-hydrogen) atoms. The topological polar surface area (TPSA) is 40.5 Å². The van der Waals surface area contributed by atoms with Crippen molar-refractivity contribution in [3.8, 4) is 12.3 Å². The van der Waals surface area contributed by atoms with Crippen LogP contribution in [0.4, 0.5) is 0 Å². The van der Waals surface area contributed by atoms with Crippen LogP contribution in [0, 0.1) is 46.8 Å². The second-order valence-corrected chi connectivity index (χ2v) is 9.58. The van der Waals surface area contributed by atoms with Gasteiger partial charge in [0.15, 0.2) is 0 Å². The molecule has 2 heteroatoms. The summed E-state index contributed by atoms with van der Waals surface area (Å²) in [4.78, 5) is 0. The molecule has 4 aliphatic carbocycles. The first kappa shape index (κ1) is 16.0. The zero-order valence-corrected chi connectivity index (χ0v) is 14.7. The summed E-state index contributed by atoms with van der Waals surface area (Å²) in [7, 11) is 0. The fourth-order valence-corrected chi connectivity index (χ4v) is 7.49. The minimum atomic E-state index is -0.886. The molecule has 0 aliphatic heterocycles. The van der Waals surface area contributed by atoms with Gasteiger partial charge in [-0.3, -0.25) is 0 Å². The molecule has 0 radical (unpaired) electrons. The number of fused-ring (bicyclic) bond motifs is 5. The van der Waals surface area contributed by atoms with Crippen molar-refractivity contribution in [2.45, 2.75) is 83.3 Å². The van der Waals surface area contributed by atoms with E-state index in [0.717, 1.165) is 43.9 Å². The van der Waals surface area contributed by atoms with Crippen LogP contribution in [0.5, 0.6) is 0 Å². The Morgan fingerprint density at radius 1 is 0.957 bits per heavy atom. The maximum Gasteiger partial charge on any atom is 0.130 e. The minimum Gasteiger partial charge on any atom is -0.393 e. The van der Waals surface area contributed by atoms with E-state index in [2.05, 4.69) is 19.8 Å². The first-order valence-electron chi connectivity index (χ1n) is 9.72. The van der Waals surface area contributed by atoms with Gasteiger partial charge in [-0.05, 0) is 86.9 Å². The Balaban J connectivity index is 1.65. The molecule has 2 nitrogen and oxygen atoms in total. The third-order valence-electron chi connectivity index (χ3n) is 9.03. The largest absolute Gasteiger partial charge is 0.393 e. The molecule has 0 spiro atoms. The van der Waals surface area contributed by atoms with Crippen molar-refractivity contribution in [2.24, 2.45) is 34.5 Å². The molecule has 4 aliphatic rings. The second kappa shape index (κ2) is 4.99. The SMILES string of the molecule is C#C[C@@]1(O)CC[C@@H]2[C@@H]3CC[C@H]4CC(O)CC[C@]4(C)[C@@H]3CC[C@@]21C. The molecule has 0 bridgehead atoms. The quantitative estimate of drug-likeness (QED) is 0.668. The van der Waals surface area contributed by atoms with Gasteiger partial charge in [-0.25, -0.2) is 0 Å². The van der Waals surface area contributed by atoms with Crippen LogP contribution in [0.3, 0.4) is 0 Å². The average Bonchev–Trinajstić information content (AvgIpc) is 2.80. The van der Waals surface area contributed by atoms with Crippen LogP contribution < -0.4 is 0 Å². The summed E-state index contributed by atoms with van der Waals surface area (Å²) in [6.45, 7) is 4.77. The van der Waals surface area contributed by atoms with Crippen LogP contribution in [-0.2, 0) is 0 Å². The van der Waals surface area contributed by atoms with Gasteiger partial charge in [0, 0.05) is 5.41 Å². The second-order valence-electron chi connectivity index (χ2n) is 9.58. The monoisotopic (exact) mass is 316 g/mol. The molecule has 2 N–H and O–H groups in total. The number of terminal acetylenes is 1. The predicted octanol–water partition coefficient (Wildman–Crippen LogP) is 3.75. The Hall–Kier alpha value is -0.520. The maximum atomic E-state index is 11.0. The fourth-order valence-electron chi connectivity index (χ4n) is 7.49. The van der Waals surface area contributed by atoms with Crippen LogP contribution in [0.1, 0.15) is 71.6 Å². The first-order valence-corrected chi connectivity index (χ1v) is 9.72. The van der Waals surface area contributed by atoms with Gasteiger partial charge in [-0.2, -0.15) is 0 Å². The van der Waals surface area contributed by atoms with Crippen LogP contribution in [0.15, 0.2) is 0 Å². The van der Waals surface area contributed by atoms with Crippen molar-refractivity contribution in [3.05, 3.63) is 0 Å². The van der Waals surface area contributed by atoms with Crippen molar-refractivity contribution < 1.29 is 10.2 Å². The van der Waals surface area contributed by atoms with Gasteiger partial charge in [0.25, 0.3) is 0 Å². The molecular weight excluding hydrogens is 284 g/mol. The molecule has 4 saturated carbocycles. The van der Waals surface area contributed by atoms with Crippen molar-refractivity contribution in [3.63, 3.8) is 0 Å². The van der Waals surface area contributed by atoms with Gasteiger partial charge in [-0.1, -0.05) is 19.8 Å². The van der Waals surface area contributed by atoms with Gasteiger partial charge in [0.05, 0.1) is 6.10 Å². The van der Waals surface area contributed by atoms with E-state index in [-0.39, 0.29) is 11.5 Å². The van der Waals surface area contributed by atoms with Crippen LogP contribution >= 0.6 is 0 Å². The van der Waals surface area contributed by atoms with Gasteiger partial charge in [-0.15, -0.1) is 6.42 Å². The molecule has 0 aromatic heterocycles. The Kier molecular flexibility index (Phi) is 3.47. The first-order chi connectivity index (χ1) is 10.8. The molecule has 0 saturated heterocycles. The van der Waals surface area contributed by atoms with Gasteiger partial charge >= 0.3 is 0 Å². The molecule has 0 heterocycles. The summed E-state index contributed by atoms with van der Waals surface area (Å²) in [6.07, 6.45) is 15.6. The molecule has 0 aromatic rings. The van der Waals surface area contributed by atoms with Gasteiger partial charge in [0.1, 0.15) is 5.60 Å².